The van der Waals surface area contributed by atoms with E-state index in [9.17, 15) is 9.59 Å². The Morgan fingerprint density at radius 3 is 2.87 bits per heavy atom. The Bertz CT molecular complexity index is 1050. The fourth-order valence-electron chi connectivity index (χ4n) is 4.60. The fourth-order valence-corrected chi connectivity index (χ4v) is 5.43. The third-order valence-corrected chi connectivity index (χ3v) is 6.99. The second kappa shape index (κ2) is 8.00. The fraction of sp³-hybridized carbons (Fsp3) is 0.435. The second-order valence-corrected chi connectivity index (χ2v) is 9.64. The lowest BCUT2D eigenvalue weighted by Gasteiger charge is -2.40. The van der Waals surface area contributed by atoms with Crippen LogP contribution in [0.5, 0.6) is 0 Å². The molecule has 7 nitrogen and oxygen atoms in total. The van der Waals surface area contributed by atoms with Gasteiger partial charge < -0.3 is 4.90 Å². The lowest BCUT2D eigenvalue weighted by atomic mass is 9.99. The Morgan fingerprint density at radius 2 is 2.06 bits per heavy atom. The van der Waals surface area contributed by atoms with E-state index in [-0.39, 0.29) is 18.1 Å². The van der Waals surface area contributed by atoms with Crippen molar-refractivity contribution in [1.29, 1.82) is 0 Å². The molecule has 3 aliphatic heterocycles. The predicted octanol–water partition coefficient (Wildman–Crippen LogP) is 3.23. The number of anilines is 1. The molecule has 1 aromatic heterocycles. The number of hydrogen-bond donors (Lipinski definition) is 1. The number of nitrogens with one attached hydrogen (secondary N) is 1. The van der Waals surface area contributed by atoms with Gasteiger partial charge in [-0.15, -0.1) is 11.3 Å². The summed E-state index contributed by atoms with van der Waals surface area (Å²) >= 11 is 1.47. The van der Waals surface area contributed by atoms with E-state index < -0.39 is 0 Å². The summed E-state index contributed by atoms with van der Waals surface area (Å²) in [6, 6.07) is 10.3. The Balaban J connectivity index is 1.29. The number of hydrogen-bond acceptors (Lipinski definition) is 6. The average molecular weight is 438 g/mol. The monoisotopic (exact) mass is 437 g/mol. The number of carbonyl (C=O) groups is 2. The van der Waals surface area contributed by atoms with E-state index in [1.54, 1.807) is 0 Å². The van der Waals surface area contributed by atoms with Crippen molar-refractivity contribution in [2.75, 3.05) is 18.0 Å². The molecule has 31 heavy (non-hydrogen) atoms. The first kappa shape index (κ1) is 20.1. The zero-order valence-corrected chi connectivity index (χ0v) is 18.7. The molecule has 0 saturated heterocycles. The highest BCUT2D eigenvalue weighted by molar-refractivity contribution is 7.12. The molecular formula is C23H27N5O2S. The molecule has 0 fully saturated rings. The number of benzene rings is 1. The van der Waals surface area contributed by atoms with Gasteiger partial charge in [-0.05, 0) is 34.9 Å². The van der Waals surface area contributed by atoms with Gasteiger partial charge in [0.2, 0.25) is 12.2 Å². The number of nitrogens with zero attached hydrogens (tertiary/aromatic N) is 4. The molecule has 5 rings (SSSR count). The van der Waals surface area contributed by atoms with Gasteiger partial charge in [-0.25, -0.2) is 0 Å². The van der Waals surface area contributed by atoms with E-state index in [0.717, 1.165) is 29.4 Å². The number of rotatable bonds is 5. The van der Waals surface area contributed by atoms with Gasteiger partial charge >= 0.3 is 0 Å². The van der Waals surface area contributed by atoms with Gasteiger partial charge in [-0.3, -0.25) is 24.8 Å². The summed E-state index contributed by atoms with van der Waals surface area (Å²) in [6.07, 6.45) is 1.54. The molecule has 0 aliphatic carbocycles. The first-order chi connectivity index (χ1) is 15.0. The van der Waals surface area contributed by atoms with Crippen LogP contribution in [0.4, 0.5) is 5.69 Å². The molecule has 0 spiro atoms. The summed E-state index contributed by atoms with van der Waals surface area (Å²) in [6.45, 7) is 6.30. The third-order valence-electron chi connectivity index (χ3n) is 6.09. The minimum atomic E-state index is -0.316. The molecule has 2 aromatic rings. The van der Waals surface area contributed by atoms with E-state index in [2.05, 4.69) is 47.5 Å². The molecular weight excluding hydrogens is 410 g/mol. The molecule has 1 N–H and O–H groups in total. The summed E-state index contributed by atoms with van der Waals surface area (Å²) in [5.41, 5.74) is 6.61. The number of carbonyl (C=O) groups excluding carboxylic acids is 2. The average Bonchev–Trinajstić information content (AvgIpc) is 3.41. The molecule has 4 heterocycles. The highest BCUT2D eigenvalue weighted by atomic mass is 32.1. The molecule has 1 aromatic carbocycles. The molecule has 1 atom stereocenters. The van der Waals surface area contributed by atoms with Crippen LogP contribution < -0.4 is 10.3 Å². The standard InChI is InChI=1S/C23H27N5O2S/c1-15(2)13-27-22(30)21-18(10-12-31-21)28-19(24-25-23(27)28)7-8-20(29)26-11-9-16-5-3-4-6-17(16)14-26/h3-6,10,12,15,23,25H,7-9,11,13-14H2,1-2H3. The molecule has 162 valence electrons. The Morgan fingerprint density at radius 1 is 1.26 bits per heavy atom. The van der Waals surface area contributed by atoms with Gasteiger partial charge in [-0.1, -0.05) is 38.1 Å². The van der Waals surface area contributed by atoms with Crippen molar-refractivity contribution in [3.8, 4) is 0 Å². The smallest absolute Gasteiger partial charge is 0.269 e. The first-order valence-electron chi connectivity index (χ1n) is 10.9. The predicted molar refractivity (Wildman–Crippen MR) is 122 cm³/mol. The van der Waals surface area contributed by atoms with Crippen molar-refractivity contribution >= 4 is 34.7 Å². The van der Waals surface area contributed by atoms with E-state index >= 15 is 0 Å². The summed E-state index contributed by atoms with van der Waals surface area (Å²) in [4.78, 5) is 32.6. The van der Waals surface area contributed by atoms with Gasteiger partial charge in [0.05, 0.1) is 5.69 Å². The minimum Gasteiger partial charge on any atom is -0.338 e. The lowest BCUT2D eigenvalue weighted by molar-refractivity contribution is -0.131. The Hall–Kier alpha value is -2.87. The minimum absolute atomic E-state index is 0.0481. The van der Waals surface area contributed by atoms with Crippen LogP contribution in [-0.2, 0) is 17.8 Å². The van der Waals surface area contributed by atoms with Gasteiger partial charge in [0.15, 0.2) is 0 Å². The van der Waals surface area contributed by atoms with E-state index in [4.69, 9.17) is 0 Å². The molecule has 1 unspecified atom stereocenters. The van der Waals surface area contributed by atoms with Crippen LogP contribution in [0, 0.1) is 5.92 Å². The summed E-state index contributed by atoms with van der Waals surface area (Å²) in [5.74, 6) is 1.36. The van der Waals surface area contributed by atoms with E-state index in [1.165, 1.54) is 22.5 Å². The van der Waals surface area contributed by atoms with Crippen molar-refractivity contribution < 1.29 is 9.59 Å². The summed E-state index contributed by atoms with van der Waals surface area (Å²) in [5, 5.41) is 6.49. The highest BCUT2D eigenvalue weighted by Crippen LogP contribution is 2.37. The van der Waals surface area contributed by atoms with Gasteiger partial charge in [-0.2, -0.15) is 5.10 Å². The zero-order chi connectivity index (χ0) is 21.5. The number of thiophene rings is 1. The summed E-state index contributed by atoms with van der Waals surface area (Å²) in [7, 11) is 0. The van der Waals surface area contributed by atoms with Crippen LogP contribution in [-0.4, -0.2) is 46.8 Å². The zero-order valence-electron chi connectivity index (χ0n) is 17.9. The van der Waals surface area contributed by atoms with Crippen LogP contribution in [0.3, 0.4) is 0 Å². The second-order valence-electron chi connectivity index (χ2n) is 8.72. The molecule has 0 saturated carbocycles. The third kappa shape index (κ3) is 3.59. The molecule has 8 heteroatoms. The van der Waals surface area contributed by atoms with Crippen LogP contribution in [0.15, 0.2) is 40.8 Å². The van der Waals surface area contributed by atoms with E-state index in [0.29, 0.717) is 31.8 Å². The van der Waals surface area contributed by atoms with Crippen LogP contribution in [0.1, 0.15) is 47.5 Å². The van der Waals surface area contributed by atoms with Crippen molar-refractivity contribution in [2.24, 2.45) is 11.0 Å². The van der Waals surface area contributed by atoms with Crippen molar-refractivity contribution in [3.63, 3.8) is 0 Å². The Kier molecular flexibility index (Phi) is 5.17. The molecule has 3 aliphatic rings. The molecule has 0 radical (unpaired) electrons. The van der Waals surface area contributed by atoms with Crippen LogP contribution >= 0.6 is 11.3 Å². The SMILES string of the molecule is CC(C)CN1C(=O)c2sccc2N2C(CCC(=O)N3CCc4ccccc4C3)=NNC12. The molecule has 2 amide bonds. The maximum Gasteiger partial charge on any atom is 0.269 e. The maximum absolute atomic E-state index is 13.0. The van der Waals surface area contributed by atoms with Gasteiger partial charge in [0, 0.05) is 32.5 Å². The quantitative estimate of drug-likeness (QED) is 0.780. The highest BCUT2D eigenvalue weighted by Gasteiger charge is 2.43. The first-order valence-corrected chi connectivity index (χ1v) is 11.7. The molecule has 0 bridgehead atoms. The largest absolute Gasteiger partial charge is 0.338 e. The number of hydrazone groups is 1. The maximum atomic E-state index is 13.0. The van der Waals surface area contributed by atoms with E-state index in [1.807, 2.05) is 27.3 Å². The van der Waals surface area contributed by atoms with Gasteiger partial charge in [0.25, 0.3) is 5.91 Å². The van der Waals surface area contributed by atoms with Crippen molar-refractivity contribution in [3.05, 3.63) is 51.7 Å². The number of amides is 2. The van der Waals surface area contributed by atoms with Crippen molar-refractivity contribution in [2.45, 2.75) is 45.9 Å². The van der Waals surface area contributed by atoms with Crippen LogP contribution in [0.25, 0.3) is 0 Å². The normalized spacial score (nSPS) is 19.7. The topological polar surface area (TPSA) is 68.2 Å². The number of amidine groups is 1. The van der Waals surface area contributed by atoms with Crippen LogP contribution in [0.2, 0.25) is 0 Å². The number of fused-ring (bicyclic) bond motifs is 4. The lowest BCUT2D eigenvalue weighted by Crippen LogP contribution is -2.59. The van der Waals surface area contributed by atoms with Gasteiger partial charge in [0.1, 0.15) is 10.7 Å². The van der Waals surface area contributed by atoms with Crippen molar-refractivity contribution in [1.82, 2.24) is 15.2 Å². The Labute approximate surface area is 186 Å². The summed E-state index contributed by atoms with van der Waals surface area (Å²) < 4.78 is 0.